The van der Waals surface area contributed by atoms with Crippen LogP contribution in [0.2, 0.25) is 0 Å². The third-order valence-electron chi connectivity index (χ3n) is 3.15. The highest BCUT2D eigenvalue weighted by molar-refractivity contribution is 7.08. The molecule has 0 radical (unpaired) electrons. The van der Waals surface area contributed by atoms with Gasteiger partial charge in [0.2, 0.25) is 11.7 Å². The van der Waals surface area contributed by atoms with Gasteiger partial charge in [0.25, 0.3) is 0 Å². The quantitative estimate of drug-likeness (QED) is 0.807. The molecule has 1 N–H and O–H groups in total. The van der Waals surface area contributed by atoms with Crippen LogP contribution in [0.25, 0.3) is 11.4 Å². The maximum absolute atomic E-state index is 10.6. The second kappa shape index (κ2) is 7.33. The Bertz CT molecular complexity index is 566. The molecule has 0 aliphatic rings. The van der Waals surface area contributed by atoms with Crippen molar-refractivity contribution < 1.29 is 14.4 Å². The molecule has 0 aromatic carbocycles. The zero-order valence-electron chi connectivity index (χ0n) is 12.2. The van der Waals surface area contributed by atoms with Crippen molar-refractivity contribution in [2.24, 2.45) is 0 Å². The number of hydrogen-bond acceptors (Lipinski definition) is 6. The second-order valence-corrected chi connectivity index (χ2v) is 5.87. The number of aromatic nitrogens is 2. The number of aliphatic carboxylic acids is 1. The molecule has 0 fully saturated rings. The molecule has 2 heterocycles. The van der Waals surface area contributed by atoms with Gasteiger partial charge in [-0.25, -0.2) is 0 Å². The lowest BCUT2D eigenvalue weighted by atomic mass is 10.2. The molecule has 21 heavy (non-hydrogen) atoms. The summed E-state index contributed by atoms with van der Waals surface area (Å²) in [6.45, 7) is 5.36. The molecule has 2 rings (SSSR count). The fraction of sp³-hybridized carbons (Fsp3) is 0.500. The first kappa shape index (κ1) is 15.7. The summed E-state index contributed by atoms with van der Waals surface area (Å²) in [7, 11) is 0. The second-order valence-electron chi connectivity index (χ2n) is 5.09. The van der Waals surface area contributed by atoms with Crippen LogP contribution >= 0.6 is 11.3 Å². The minimum Gasteiger partial charge on any atom is -0.481 e. The summed E-state index contributed by atoms with van der Waals surface area (Å²) >= 11 is 1.59. The maximum Gasteiger partial charge on any atom is 0.303 e. The molecule has 114 valence electrons. The van der Waals surface area contributed by atoms with E-state index in [4.69, 9.17) is 9.63 Å². The van der Waals surface area contributed by atoms with Crippen molar-refractivity contribution in [3.05, 3.63) is 22.7 Å². The number of thiophene rings is 1. The predicted octanol–water partition coefficient (Wildman–Crippen LogP) is 2.87. The van der Waals surface area contributed by atoms with Gasteiger partial charge in [0, 0.05) is 23.4 Å². The first-order chi connectivity index (χ1) is 10.1. The lowest BCUT2D eigenvalue weighted by Crippen LogP contribution is -2.31. The molecule has 2 aromatic heterocycles. The first-order valence-electron chi connectivity index (χ1n) is 6.87. The van der Waals surface area contributed by atoms with E-state index in [-0.39, 0.29) is 12.5 Å². The Morgan fingerprint density at radius 3 is 2.95 bits per heavy atom. The lowest BCUT2D eigenvalue weighted by molar-refractivity contribution is -0.137. The minimum atomic E-state index is -0.767. The molecule has 2 aromatic rings. The van der Waals surface area contributed by atoms with Crippen LogP contribution < -0.4 is 0 Å². The van der Waals surface area contributed by atoms with Gasteiger partial charge in [-0.15, -0.1) is 0 Å². The van der Waals surface area contributed by atoms with Gasteiger partial charge in [0.1, 0.15) is 0 Å². The fourth-order valence-electron chi connectivity index (χ4n) is 1.95. The maximum atomic E-state index is 10.6. The Hall–Kier alpha value is -1.73. The molecule has 0 spiro atoms. The van der Waals surface area contributed by atoms with E-state index in [0.717, 1.165) is 5.56 Å². The average molecular weight is 309 g/mol. The van der Waals surface area contributed by atoms with Gasteiger partial charge in [-0.2, -0.15) is 16.3 Å². The van der Waals surface area contributed by atoms with E-state index in [0.29, 0.717) is 31.2 Å². The smallest absolute Gasteiger partial charge is 0.303 e. The standard InChI is InChI=1S/C14H19N3O3S/c1-10(2)17(6-3-4-13(18)19)8-12-15-14(16-20-12)11-5-7-21-9-11/h5,7,9-10H,3-4,6,8H2,1-2H3,(H,18,19). The molecule has 7 heteroatoms. The summed E-state index contributed by atoms with van der Waals surface area (Å²) < 4.78 is 5.28. The molecular formula is C14H19N3O3S. The Kier molecular flexibility index (Phi) is 5.46. The van der Waals surface area contributed by atoms with Crippen LogP contribution in [-0.2, 0) is 11.3 Å². The summed E-state index contributed by atoms with van der Waals surface area (Å²) in [5, 5.41) is 16.6. The average Bonchev–Trinajstić information content (AvgIpc) is 3.07. The summed E-state index contributed by atoms with van der Waals surface area (Å²) in [5.41, 5.74) is 0.956. The number of nitrogens with zero attached hydrogens (tertiary/aromatic N) is 3. The van der Waals surface area contributed by atoms with Crippen molar-refractivity contribution in [2.75, 3.05) is 6.54 Å². The molecule has 0 saturated heterocycles. The Balaban J connectivity index is 1.95. The van der Waals surface area contributed by atoms with Crippen LogP contribution in [0.3, 0.4) is 0 Å². The van der Waals surface area contributed by atoms with E-state index in [9.17, 15) is 4.79 Å². The molecule has 0 saturated carbocycles. The van der Waals surface area contributed by atoms with Gasteiger partial charge in [-0.05, 0) is 38.3 Å². The highest BCUT2D eigenvalue weighted by Crippen LogP contribution is 2.19. The SMILES string of the molecule is CC(C)N(CCCC(=O)O)Cc1nc(-c2ccsc2)no1. The molecule has 6 nitrogen and oxygen atoms in total. The lowest BCUT2D eigenvalue weighted by Gasteiger charge is -2.24. The fourth-order valence-corrected chi connectivity index (χ4v) is 2.59. The Morgan fingerprint density at radius 2 is 2.33 bits per heavy atom. The van der Waals surface area contributed by atoms with Gasteiger partial charge in [-0.3, -0.25) is 9.69 Å². The normalized spacial score (nSPS) is 11.4. The molecule has 0 atom stereocenters. The van der Waals surface area contributed by atoms with Crippen LogP contribution in [-0.4, -0.2) is 38.7 Å². The van der Waals surface area contributed by atoms with Crippen molar-refractivity contribution in [1.29, 1.82) is 0 Å². The van der Waals surface area contributed by atoms with Gasteiger partial charge in [0.05, 0.1) is 6.54 Å². The zero-order valence-corrected chi connectivity index (χ0v) is 13.0. The van der Waals surface area contributed by atoms with E-state index in [1.807, 2.05) is 16.8 Å². The van der Waals surface area contributed by atoms with Crippen LogP contribution in [0.5, 0.6) is 0 Å². The number of rotatable bonds is 8. The minimum absolute atomic E-state index is 0.174. The largest absolute Gasteiger partial charge is 0.481 e. The number of carbonyl (C=O) groups is 1. The zero-order chi connectivity index (χ0) is 15.2. The molecule has 0 amide bonds. The van der Waals surface area contributed by atoms with E-state index < -0.39 is 5.97 Å². The third kappa shape index (κ3) is 4.64. The number of carboxylic acid groups (broad SMARTS) is 1. The highest BCUT2D eigenvalue weighted by Gasteiger charge is 2.16. The van der Waals surface area contributed by atoms with Crippen molar-refractivity contribution in [2.45, 2.75) is 39.3 Å². The van der Waals surface area contributed by atoms with Crippen LogP contribution in [0.4, 0.5) is 0 Å². The van der Waals surface area contributed by atoms with E-state index in [1.165, 1.54) is 0 Å². The Morgan fingerprint density at radius 1 is 1.52 bits per heavy atom. The number of hydrogen-bond donors (Lipinski definition) is 1. The molecule has 0 aliphatic heterocycles. The van der Waals surface area contributed by atoms with Crippen molar-refractivity contribution in [1.82, 2.24) is 15.0 Å². The molecule has 0 bridgehead atoms. The van der Waals surface area contributed by atoms with Gasteiger partial charge in [0.15, 0.2) is 0 Å². The molecule has 0 unspecified atom stereocenters. The number of carboxylic acids is 1. The van der Waals surface area contributed by atoms with E-state index in [2.05, 4.69) is 28.9 Å². The summed E-state index contributed by atoms with van der Waals surface area (Å²) in [6.07, 6.45) is 0.784. The monoisotopic (exact) mass is 309 g/mol. The van der Waals surface area contributed by atoms with Crippen LogP contribution in [0.15, 0.2) is 21.3 Å². The van der Waals surface area contributed by atoms with Gasteiger partial charge >= 0.3 is 5.97 Å². The first-order valence-corrected chi connectivity index (χ1v) is 7.81. The summed E-state index contributed by atoms with van der Waals surface area (Å²) in [6, 6.07) is 2.24. The molecule has 0 aliphatic carbocycles. The Labute approximate surface area is 127 Å². The third-order valence-corrected chi connectivity index (χ3v) is 3.84. The van der Waals surface area contributed by atoms with Crippen LogP contribution in [0.1, 0.15) is 32.6 Å². The summed E-state index contributed by atoms with van der Waals surface area (Å²) in [5.74, 6) is 0.386. The van der Waals surface area contributed by atoms with Gasteiger partial charge < -0.3 is 9.63 Å². The predicted molar refractivity (Wildman–Crippen MR) is 80.0 cm³/mol. The van der Waals surface area contributed by atoms with Crippen LogP contribution in [0, 0.1) is 0 Å². The topological polar surface area (TPSA) is 79.5 Å². The van der Waals surface area contributed by atoms with Crippen molar-refractivity contribution in [3.8, 4) is 11.4 Å². The van der Waals surface area contributed by atoms with Crippen molar-refractivity contribution >= 4 is 17.3 Å². The summed E-state index contributed by atoms with van der Waals surface area (Å²) in [4.78, 5) is 17.1. The van der Waals surface area contributed by atoms with E-state index in [1.54, 1.807) is 11.3 Å². The van der Waals surface area contributed by atoms with E-state index >= 15 is 0 Å². The molecular weight excluding hydrogens is 290 g/mol. The van der Waals surface area contributed by atoms with Gasteiger partial charge in [-0.1, -0.05) is 5.16 Å². The highest BCUT2D eigenvalue weighted by atomic mass is 32.1. The van der Waals surface area contributed by atoms with Crippen molar-refractivity contribution in [3.63, 3.8) is 0 Å².